The van der Waals surface area contributed by atoms with Crippen LogP contribution in [-0.2, 0) is 6.54 Å². The number of hydrogen-bond donors (Lipinski definition) is 1. The highest BCUT2D eigenvalue weighted by Crippen LogP contribution is 2.06. The zero-order chi connectivity index (χ0) is 11.8. The Morgan fingerprint density at radius 2 is 2.19 bits per heavy atom. The average molecular weight is 244 g/mol. The molecule has 0 aliphatic carbocycles. The van der Waals surface area contributed by atoms with Crippen LogP contribution in [0.2, 0.25) is 5.02 Å². The molecule has 0 aliphatic rings. The van der Waals surface area contributed by atoms with Crippen LogP contribution in [0.5, 0.6) is 0 Å². The van der Waals surface area contributed by atoms with Gasteiger partial charge in [-0.15, -0.1) is 0 Å². The standard InChI is InChI=1S/C12H22ClN3/c1-11(2)8-14-6-4-3-5-7-16-10-12(13)9-15-16/h9-11,14H,3-8H2,1-2H3. The summed E-state index contributed by atoms with van der Waals surface area (Å²) in [5.74, 6) is 0.742. The Kier molecular flexibility index (Phi) is 6.50. The monoisotopic (exact) mass is 243 g/mol. The molecular weight excluding hydrogens is 222 g/mol. The van der Waals surface area contributed by atoms with E-state index in [2.05, 4.69) is 24.3 Å². The van der Waals surface area contributed by atoms with E-state index in [4.69, 9.17) is 11.6 Å². The molecule has 0 radical (unpaired) electrons. The Labute approximate surface area is 103 Å². The number of rotatable bonds is 8. The van der Waals surface area contributed by atoms with E-state index in [1.165, 1.54) is 19.3 Å². The molecule has 92 valence electrons. The van der Waals surface area contributed by atoms with Crippen LogP contribution in [0.3, 0.4) is 0 Å². The van der Waals surface area contributed by atoms with Crippen molar-refractivity contribution in [3.8, 4) is 0 Å². The van der Waals surface area contributed by atoms with Crippen LogP contribution >= 0.6 is 11.6 Å². The average Bonchev–Trinajstić information content (AvgIpc) is 2.62. The molecule has 0 spiro atoms. The van der Waals surface area contributed by atoms with E-state index in [0.29, 0.717) is 0 Å². The van der Waals surface area contributed by atoms with E-state index in [-0.39, 0.29) is 0 Å². The fourth-order valence-electron chi connectivity index (χ4n) is 1.55. The van der Waals surface area contributed by atoms with Crippen molar-refractivity contribution < 1.29 is 0 Å². The molecule has 16 heavy (non-hydrogen) atoms. The van der Waals surface area contributed by atoms with Gasteiger partial charge in [0, 0.05) is 12.7 Å². The first-order chi connectivity index (χ1) is 7.68. The maximum Gasteiger partial charge on any atom is 0.0785 e. The summed E-state index contributed by atoms with van der Waals surface area (Å²) in [5, 5.41) is 8.31. The minimum absolute atomic E-state index is 0.721. The molecule has 0 unspecified atom stereocenters. The summed E-state index contributed by atoms with van der Waals surface area (Å²) in [6.45, 7) is 7.67. The van der Waals surface area contributed by atoms with Gasteiger partial charge < -0.3 is 5.32 Å². The van der Waals surface area contributed by atoms with Crippen LogP contribution < -0.4 is 5.32 Å². The Morgan fingerprint density at radius 3 is 2.81 bits per heavy atom. The van der Waals surface area contributed by atoms with E-state index in [1.54, 1.807) is 6.20 Å². The highest BCUT2D eigenvalue weighted by atomic mass is 35.5. The molecule has 1 N–H and O–H groups in total. The highest BCUT2D eigenvalue weighted by Gasteiger charge is 1.96. The normalized spacial score (nSPS) is 11.2. The molecule has 0 aliphatic heterocycles. The molecule has 0 aromatic carbocycles. The molecule has 1 heterocycles. The quantitative estimate of drug-likeness (QED) is 0.712. The molecule has 0 bridgehead atoms. The Morgan fingerprint density at radius 1 is 1.38 bits per heavy atom. The largest absolute Gasteiger partial charge is 0.316 e. The van der Waals surface area contributed by atoms with Crippen molar-refractivity contribution in [3.05, 3.63) is 17.4 Å². The Balaban J connectivity index is 1.92. The van der Waals surface area contributed by atoms with Gasteiger partial charge in [-0.3, -0.25) is 4.68 Å². The van der Waals surface area contributed by atoms with Crippen LogP contribution in [0.1, 0.15) is 33.1 Å². The summed E-state index contributed by atoms with van der Waals surface area (Å²) in [6.07, 6.45) is 7.20. The van der Waals surface area contributed by atoms with Crippen LogP contribution in [0.4, 0.5) is 0 Å². The van der Waals surface area contributed by atoms with Gasteiger partial charge in [-0.25, -0.2) is 0 Å². The summed E-state index contributed by atoms with van der Waals surface area (Å²) in [6, 6.07) is 0. The molecule has 0 atom stereocenters. The maximum atomic E-state index is 5.78. The smallest absolute Gasteiger partial charge is 0.0785 e. The highest BCUT2D eigenvalue weighted by molar-refractivity contribution is 6.30. The van der Waals surface area contributed by atoms with Crippen molar-refractivity contribution in [1.82, 2.24) is 15.1 Å². The second kappa shape index (κ2) is 7.69. The molecule has 1 aromatic rings. The minimum atomic E-state index is 0.721. The lowest BCUT2D eigenvalue weighted by molar-refractivity contribution is 0.506. The van der Waals surface area contributed by atoms with Crippen LogP contribution in [0, 0.1) is 5.92 Å². The van der Waals surface area contributed by atoms with Gasteiger partial charge in [0.1, 0.15) is 0 Å². The summed E-state index contributed by atoms with van der Waals surface area (Å²) in [5.41, 5.74) is 0. The first-order valence-electron chi connectivity index (χ1n) is 6.07. The van der Waals surface area contributed by atoms with E-state index in [1.807, 2.05) is 10.9 Å². The molecule has 0 fully saturated rings. The fourth-order valence-corrected chi connectivity index (χ4v) is 1.71. The van der Waals surface area contributed by atoms with Crippen LogP contribution in [-0.4, -0.2) is 22.9 Å². The summed E-state index contributed by atoms with van der Waals surface area (Å²) in [7, 11) is 0. The first-order valence-corrected chi connectivity index (χ1v) is 6.45. The molecule has 1 rings (SSSR count). The maximum absolute atomic E-state index is 5.78. The summed E-state index contributed by atoms with van der Waals surface area (Å²) >= 11 is 5.78. The number of aromatic nitrogens is 2. The molecule has 1 aromatic heterocycles. The van der Waals surface area contributed by atoms with Crippen molar-refractivity contribution >= 4 is 11.6 Å². The predicted molar refractivity (Wildman–Crippen MR) is 68.8 cm³/mol. The van der Waals surface area contributed by atoms with Gasteiger partial charge in [0.15, 0.2) is 0 Å². The number of hydrogen-bond acceptors (Lipinski definition) is 2. The van der Waals surface area contributed by atoms with E-state index in [9.17, 15) is 0 Å². The van der Waals surface area contributed by atoms with Crippen molar-refractivity contribution in [3.63, 3.8) is 0 Å². The molecular formula is C12H22ClN3. The fraction of sp³-hybridized carbons (Fsp3) is 0.750. The van der Waals surface area contributed by atoms with Crippen molar-refractivity contribution in [2.75, 3.05) is 13.1 Å². The molecule has 3 nitrogen and oxygen atoms in total. The topological polar surface area (TPSA) is 29.9 Å². The van der Waals surface area contributed by atoms with Gasteiger partial charge in [0.25, 0.3) is 0 Å². The van der Waals surface area contributed by atoms with Gasteiger partial charge >= 0.3 is 0 Å². The second-order valence-electron chi connectivity index (χ2n) is 4.58. The third-order valence-electron chi connectivity index (χ3n) is 2.40. The summed E-state index contributed by atoms with van der Waals surface area (Å²) < 4.78 is 1.91. The number of nitrogens with one attached hydrogen (secondary N) is 1. The van der Waals surface area contributed by atoms with Gasteiger partial charge in [-0.1, -0.05) is 31.9 Å². The van der Waals surface area contributed by atoms with Crippen LogP contribution in [0.25, 0.3) is 0 Å². The SMILES string of the molecule is CC(C)CNCCCCCn1cc(Cl)cn1. The zero-order valence-electron chi connectivity index (χ0n) is 10.2. The number of nitrogens with zero attached hydrogens (tertiary/aromatic N) is 2. The molecule has 0 saturated heterocycles. The van der Waals surface area contributed by atoms with Gasteiger partial charge in [0.2, 0.25) is 0 Å². The lowest BCUT2D eigenvalue weighted by Gasteiger charge is -2.06. The lowest BCUT2D eigenvalue weighted by Crippen LogP contribution is -2.20. The minimum Gasteiger partial charge on any atom is -0.316 e. The lowest BCUT2D eigenvalue weighted by atomic mass is 10.2. The number of aryl methyl sites for hydroxylation is 1. The third-order valence-corrected chi connectivity index (χ3v) is 2.59. The molecule has 4 heteroatoms. The van der Waals surface area contributed by atoms with E-state index < -0.39 is 0 Å². The second-order valence-corrected chi connectivity index (χ2v) is 5.02. The predicted octanol–water partition coefficient (Wildman–Crippen LogP) is 2.95. The van der Waals surface area contributed by atoms with Crippen molar-refractivity contribution in [2.45, 2.75) is 39.7 Å². The van der Waals surface area contributed by atoms with Gasteiger partial charge in [-0.05, 0) is 31.8 Å². The van der Waals surface area contributed by atoms with Crippen LogP contribution in [0.15, 0.2) is 12.4 Å². The van der Waals surface area contributed by atoms with Gasteiger partial charge in [0.05, 0.1) is 11.2 Å². The number of unbranched alkanes of at least 4 members (excludes halogenated alkanes) is 2. The molecule has 0 amide bonds. The first kappa shape index (κ1) is 13.5. The molecule has 0 saturated carbocycles. The zero-order valence-corrected chi connectivity index (χ0v) is 11.0. The van der Waals surface area contributed by atoms with Crippen molar-refractivity contribution in [1.29, 1.82) is 0 Å². The third kappa shape index (κ3) is 6.13. The summed E-state index contributed by atoms with van der Waals surface area (Å²) in [4.78, 5) is 0. The van der Waals surface area contributed by atoms with E-state index >= 15 is 0 Å². The van der Waals surface area contributed by atoms with E-state index in [0.717, 1.165) is 30.6 Å². The Hall–Kier alpha value is -0.540. The van der Waals surface area contributed by atoms with Gasteiger partial charge in [-0.2, -0.15) is 5.10 Å². The Bertz CT molecular complexity index is 284. The number of halogens is 1. The van der Waals surface area contributed by atoms with Crippen molar-refractivity contribution in [2.24, 2.45) is 5.92 Å².